The van der Waals surface area contributed by atoms with Crippen LogP contribution >= 0.6 is 11.6 Å². The summed E-state index contributed by atoms with van der Waals surface area (Å²) in [6.07, 6.45) is 2.60. The summed E-state index contributed by atoms with van der Waals surface area (Å²) in [5.41, 5.74) is 2.97. The molecule has 1 aromatic heterocycles. The Bertz CT molecular complexity index is 1370. The summed E-state index contributed by atoms with van der Waals surface area (Å²) in [5, 5.41) is 8.23. The van der Waals surface area contributed by atoms with Gasteiger partial charge in [-0.1, -0.05) is 17.7 Å². The van der Waals surface area contributed by atoms with Crippen molar-refractivity contribution in [3.05, 3.63) is 64.4 Å². The lowest BCUT2D eigenvalue weighted by Crippen LogP contribution is -2.41. The van der Waals surface area contributed by atoms with Crippen LogP contribution in [-0.2, 0) is 4.74 Å². The highest BCUT2D eigenvalue weighted by Crippen LogP contribution is 2.36. The van der Waals surface area contributed by atoms with Crippen molar-refractivity contribution in [1.82, 2.24) is 14.7 Å². The van der Waals surface area contributed by atoms with Gasteiger partial charge in [-0.2, -0.15) is 5.10 Å². The molecule has 0 saturated carbocycles. The molecule has 0 bridgehead atoms. The number of amides is 2. The van der Waals surface area contributed by atoms with E-state index in [0.717, 1.165) is 16.9 Å². The molecule has 3 aromatic rings. The highest BCUT2D eigenvalue weighted by Gasteiger charge is 2.32. The minimum Gasteiger partial charge on any atom is -0.454 e. The smallest absolute Gasteiger partial charge is 0.410 e. The molecule has 9 nitrogen and oxygen atoms in total. The van der Waals surface area contributed by atoms with Gasteiger partial charge in [0.1, 0.15) is 5.60 Å². The first kappa shape index (κ1) is 25.9. The van der Waals surface area contributed by atoms with Gasteiger partial charge in [0.15, 0.2) is 11.5 Å². The zero-order chi connectivity index (χ0) is 27.0. The third kappa shape index (κ3) is 5.29. The number of piperidine rings is 1. The van der Waals surface area contributed by atoms with Crippen molar-refractivity contribution in [2.45, 2.75) is 52.1 Å². The lowest BCUT2D eigenvalue weighted by atomic mass is 9.90. The lowest BCUT2D eigenvalue weighted by Gasteiger charge is -2.34. The fourth-order valence-corrected chi connectivity index (χ4v) is 4.95. The number of halogens is 1. The van der Waals surface area contributed by atoms with Crippen LogP contribution in [0.5, 0.6) is 11.5 Å². The van der Waals surface area contributed by atoms with Crippen molar-refractivity contribution >= 4 is 29.3 Å². The molecule has 1 N–H and O–H groups in total. The number of rotatable bonds is 4. The Kier molecular flexibility index (Phi) is 6.96. The van der Waals surface area contributed by atoms with Crippen LogP contribution in [0.1, 0.15) is 61.1 Å². The first-order chi connectivity index (χ1) is 18.1. The standard InChI is InChI=1S/C28H31ClN4O5/c1-17-21(29)6-5-7-22(17)33-25(18-10-12-32(13-11-18)27(35)38-28(2,3)4)20(15-30-33)26(34)31-19-8-9-23-24(14-19)37-16-36-23/h5-9,14-15,18H,10-13,16H2,1-4H3,(H,31,34). The van der Waals surface area contributed by atoms with E-state index in [2.05, 4.69) is 10.4 Å². The summed E-state index contributed by atoms with van der Waals surface area (Å²) in [4.78, 5) is 27.9. The van der Waals surface area contributed by atoms with Crippen LogP contribution in [0.4, 0.5) is 10.5 Å². The topological polar surface area (TPSA) is 94.9 Å². The van der Waals surface area contributed by atoms with Crippen molar-refractivity contribution in [2.75, 3.05) is 25.2 Å². The van der Waals surface area contributed by atoms with Crippen molar-refractivity contribution in [3.8, 4) is 17.2 Å². The fraction of sp³-hybridized carbons (Fsp3) is 0.393. The normalized spacial score (nSPS) is 15.4. The van der Waals surface area contributed by atoms with Crippen LogP contribution in [0.15, 0.2) is 42.6 Å². The highest BCUT2D eigenvalue weighted by molar-refractivity contribution is 6.31. The average Bonchev–Trinajstić information content (AvgIpc) is 3.52. The van der Waals surface area contributed by atoms with Crippen molar-refractivity contribution < 1.29 is 23.8 Å². The predicted octanol–water partition coefficient (Wildman–Crippen LogP) is 5.93. The van der Waals surface area contributed by atoms with Crippen LogP contribution < -0.4 is 14.8 Å². The summed E-state index contributed by atoms with van der Waals surface area (Å²) in [6.45, 7) is 8.69. The Morgan fingerprint density at radius 2 is 1.84 bits per heavy atom. The van der Waals surface area contributed by atoms with Crippen LogP contribution in [-0.4, -0.2) is 52.2 Å². The molecule has 5 rings (SSSR count). The number of likely N-dealkylation sites (tertiary alicyclic amines) is 1. The zero-order valence-electron chi connectivity index (χ0n) is 21.9. The monoisotopic (exact) mass is 538 g/mol. The average molecular weight is 539 g/mol. The van der Waals surface area contributed by atoms with E-state index in [1.807, 2.05) is 50.6 Å². The molecule has 3 heterocycles. The quantitative estimate of drug-likeness (QED) is 0.442. The van der Waals surface area contributed by atoms with Gasteiger partial charge in [-0.3, -0.25) is 4.79 Å². The Labute approximate surface area is 226 Å². The van der Waals surface area contributed by atoms with Gasteiger partial charge in [-0.15, -0.1) is 0 Å². The number of nitrogens with one attached hydrogen (secondary N) is 1. The molecule has 2 amide bonds. The van der Waals surface area contributed by atoms with E-state index in [4.69, 9.17) is 25.8 Å². The Morgan fingerprint density at radius 1 is 1.11 bits per heavy atom. The molecule has 38 heavy (non-hydrogen) atoms. The molecule has 2 aromatic carbocycles. The predicted molar refractivity (Wildman–Crippen MR) is 144 cm³/mol. The second-order valence-electron chi connectivity index (χ2n) is 10.5. The van der Waals surface area contributed by atoms with E-state index < -0.39 is 5.60 Å². The largest absolute Gasteiger partial charge is 0.454 e. The fourth-order valence-electron chi connectivity index (χ4n) is 4.78. The van der Waals surface area contributed by atoms with E-state index in [9.17, 15) is 9.59 Å². The number of ether oxygens (including phenoxy) is 3. The molecule has 0 radical (unpaired) electrons. The molecule has 0 unspecified atom stereocenters. The molecule has 0 aliphatic carbocycles. The first-order valence-corrected chi connectivity index (χ1v) is 13.0. The van der Waals surface area contributed by atoms with E-state index in [1.54, 1.807) is 29.3 Å². The third-order valence-corrected chi connectivity index (χ3v) is 7.09. The van der Waals surface area contributed by atoms with Crippen LogP contribution in [0.2, 0.25) is 5.02 Å². The van der Waals surface area contributed by atoms with Gasteiger partial charge in [0.25, 0.3) is 5.91 Å². The summed E-state index contributed by atoms with van der Waals surface area (Å²) in [5.74, 6) is 0.943. The zero-order valence-corrected chi connectivity index (χ0v) is 22.7. The number of carbonyl (C=O) groups excluding carboxylic acids is 2. The molecule has 2 aliphatic rings. The van der Waals surface area contributed by atoms with Crippen LogP contribution in [0.25, 0.3) is 5.69 Å². The minimum atomic E-state index is -0.559. The van der Waals surface area contributed by atoms with Gasteiger partial charge in [-0.25, -0.2) is 9.48 Å². The number of anilines is 1. The summed E-state index contributed by atoms with van der Waals surface area (Å²) >= 11 is 6.43. The number of nitrogens with zero attached hydrogens (tertiary/aromatic N) is 3. The summed E-state index contributed by atoms with van der Waals surface area (Å²) in [6, 6.07) is 10.9. The van der Waals surface area contributed by atoms with Gasteiger partial charge in [0.05, 0.1) is 23.1 Å². The molecule has 0 spiro atoms. The second-order valence-corrected chi connectivity index (χ2v) is 10.9. The van der Waals surface area contributed by atoms with E-state index in [0.29, 0.717) is 53.7 Å². The SMILES string of the molecule is Cc1c(Cl)cccc1-n1ncc(C(=O)Nc2ccc3c(c2)OCO3)c1C1CCN(C(=O)OC(C)(C)C)CC1. The summed E-state index contributed by atoms with van der Waals surface area (Å²) < 4.78 is 18.2. The molecule has 10 heteroatoms. The maximum atomic E-state index is 13.6. The molecular weight excluding hydrogens is 508 g/mol. The molecule has 1 saturated heterocycles. The van der Waals surface area contributed by atoms with Gasteiger partial charge in [-0.05, 0) is 70.4 Å². The number of fused-ring (bicyclic) bond motifs is 1. The molecule has 0 atom stereocenters. The minimum absolute atomic E-state index is 0.00734. The lowest BCUT2D eigenvalue weighted by molar-refractivity contribution is 0.0203. The second kappa shape index (κ2) is 10.2. The molecular formula is C28H31ClN4O5. The number of hydrogen-bond acceptors (Lipinski definition) is 6. The number of carbonyl (C=O) groups is 2. The molecule has 2 aliphatic heterocycles. The van der Waals surface area contributed by atoms with Crippen molar-refractivity contribution in [3.63, 3.8) is 0 Å². The maximum absolute atomic E-state index is 13.6. The number of benzene rings is 2. The maximum Gasteiger partial charge on any atom is 0.410 e. The first-order valence-electron chi connectivity index (χ1n) is 12.6. The Hall–Kier alpha value is -3.72. The summed E-state index contributed by atoms with van der Waals surface area (Å²) in [7, 11) is 0. The van der Waals surface area contributed by atoms with E-state index in [1.165, 1.54) is 0 Å². The van der Waals surface area contributed by atoms with Crippen molar-refractivity contribution in [1.29, 1.82) is 0 Å². The van der Waals surface area contributed by atoms with Crippen LogP contribution in [0.3, 0.4) is 0 Å². The van der Waals surface area contributed by atoms with Gasteiger partial charge >= 0.3 is 6.09 Å². The van der Waals surface area contributed by atoms with Gasteiger partial charge in [0.2, 0.25) is 6.79 Å². The van der Waals surface area contributed by atoms with E-state index >= 15 is 0 Å². The van der Waals surface area contributed by atoms with Crippen molar-refractivity contribution in [2.24, 2.45) is 0 Å². The van der Waals surface area contributed by atoms with Gasteiger partial charge < -0.3 is 24.4 Å². The number of aromatic nitrogens is 2. The van der Waals surface area contributed by atoms with Crippen LogP contribution in [0, 0.1) is 6.92 Å². The molecule has 1 fully saturated rings. The molecule has 200 valence electrons. The van der Waals surface area contributed by atoms with E-state index in [-0.39, 0.29) is 24.7 Å². The number of hydrogen-bond donors (Lipinski definition) is 1. The Morgan fingerprint density at radius 3 is 2.58 bits per heavy atom. The Balaban J connectivity index is 1.44. The van der Waals surface area contributed by atoms with Gasteiger partial charge in [0, 0.05) is 35.8 Å². The third-order valence-electron chi connectivity index (χ3n) is 6.68. The highest BCUT2D eigenvalue weighted by atomic mass is 35.5.